The van der Waals surface area contributed by atoms with Crippen molar-refractivity contribution in [3.63, 3.8) is 0 Å². The zero-order valence-corrected chi connectivity index (χ0v) is 11.4. The fourth-order valence-electron chi connectivity index (χ4n) is 2.01. The topological polar surface area (TPSA) is 58.2 Å². The monoisotopic (exact) mass is 248 g/mol. The lowest BCUT2D eigenvalue weighted by molar-refractivity contribution is 0.456. The molecule has 0 spiro atoms. The third-order valence-electron chi connectivity index (χ3n) is 2.60. The lowest BCUT2D eigenvalue weighted by Gasteiger charge is -2.18. The minimum atomic E-state index is -3.11. The molecule has 1 aliphatic rings. The van der Waals surface area contributed by atoms with Crippen molar-refractivity contribution >= 4 is 10.0 Å². The number of sulfonamides is 1. The molecule has 0 radical (unpaired) electrons. The van der Waals surface area contributed by atoms with Gasteiger partial charge in [0.05, 0.1) is 5.75 Å². The molecule has 0 aliphatic carbocycles. The molecule has 5 heteroatoms. The second kappa shape index (κ2) is 5.47. The minimum Gasteiger partial charge on any atom is -0.314 e. The highest BCUT2D eigenvalue weighted by molar-refractivity contribution is 7.89. The Kier molecular flexibility index (Phi) is 4.76. The Labute approximate surface area is 99.2 Å². The van der Waals surface area contributed by atoms with E-state index in [0.717, 1.165) is 13.0 Å². The Hall–Kier alpha value is -0.130. The molecular weight excluding hydrogens is 224 g/mol. The van der Waals surface area contributed by atoms with E-state index < -0.39 is 10.0 Å². The fraction of sp³-hybridized carbons (Fsp3) is 1.00. The summed E-state index contributed by atoms with van der Waals surface area (Å²) in [6, 6.07) is 0.498. The van der Waals surface area contributed by atoms with Crippen molar-refractivity contribution in [1.29, 1.82) is 0 Å². The van der Waals surface area contributed by atoms with Crippen LogP contribution in [0.5, 0.6) is 0 Å². The van der Waals surface area contributed by atoms with Gasteiger partial charge >= 0.3 is 0 Å². The van der Waals surface area contributed by atoms with Crippen LogP contribution in [0.25, 0.3) is 0 Å². The van der Waals surface area contributed by atoms with Gasteiger partial charge in [-0.25, -0.2) is 13.1 Å². The Morgan fingerprint density at radius 2 is 2.06 bits per heavy atom. The molecule has 1 aliphatic heterocycles. The lowest BCUT2D eigenvalue weighted by Crippen LogP contribution is -2.35. The van der Waals surface area contributed by atoms with E-state index in [2.05, 4.69) is 10.0 Å². The van der Waals surface area contributed by atoms with Crippen molar-refractivity contribution in [3.8, 4) is 0 Å². The first-order valence-electron chi connectivity index (χ1n) is 5.99. The molecule has 4 nitrogen and oxygen atoms in total. The molecule has 1 atom stereocenters. The van der Waals surface area contributed by atoms with Crippen LogP contribution in [0.4, 0.5) is 0 Å². The Bertz CT molecular complexity index is 300. The molecule has 1 fully saturated rings. The SMILES string of the molecule is CC(C)(C)CS(=O)(=O)NCC[C@@H]1CCCN1. The van der Waals surface area contributed by atoms with Gasteiger partial charge in [-0.1, -0.05) is 20.8 Å². The molecule has 0 unspecified atom stereocenters. The van der Waals surface area contributed by atoms with E-state index in [1.807, 2.05) is 20.8 Å². The van der Waals surface area contributed by atoms with Crippen LogP contribution in [-0.2, 0) is 10.0 Å². The van der Waals surface area contributed by atoms with Crippen LogP contribution in [0.15, 0.2) is 0 Å². The van der Waals surface area contributed by atoms with Crippen LogP contribution in [-0.4, -0.2) is 33.3 Å². The van der Waals surface area contributed by atoms with Gasteiger partial charge < -0.3 is 5.32 Å². The molecule has 0 aromatic heterocycles. The smallest absolute Gasteiger partial charge is 0.212 e. The van der Waals surface area contributed by atoms with Gasteiger partial charge in [0, 0.05) is 12.6 Å². The van der Waals surface area contributed by atoms with E-state index in [4.69, 9.17) is 0 Å². The second-order valence-electron chi connectivity index (χ2n) is 5.80. The maximum atomic E-state index is 11.7. The molecule has 1 saturated heterocycles. The van der Waals surface area contributed by atoms with Gasteiger partial charge in [-0.2, -0.15) is 0 Å². The van der Waals surface area contributed by atoms with Crippen LogP contribution in [0.2, 0.25) is 0 Å². The first-order chi connectivity index (χ1) is 7.29. The van der Waals surface area contributed by atoms with Gasteiger partial charge in [0.25, 0.3) is 0 Å². The Morgan fingerprint density at radius 3 is 2.56 bits per heavy atom. The summed E-state index contributed by atoms with van der Waals surface area (Å²) >= 11 is 0. The molecule has 0 saturated carbocycles. The van der Waals surface area contributed by atoms with Gasteiger partial charge in [0.15, 0.2) is 0 Å². The summed E-state index contributed by atoms with van der Waals surface area (Å²) in [7, 11) is -3.11. The first kappa shape index (κ1) is 13.9. The van der Waals surface area contributed by atoms with E-state index in [-0.39, 0.29) is 11.2 Å². The largest absolute Gasteiger partial charge is 0.314 e. The third kappa shape index (κ3) is 5.82. The summed E-state index contributed by atoms with van der Waals surface area (Å²) in [5, 5.41) is 3.36. The normalized spacial score (nSPS) is 22.6. The predicted octanol–water partition coefficient (Wildman–Crippen LogP) is 1.09. The number of hydrogen-bond donors (Lipinski definition) is 2. The zero-order chi connectivity index (χ0) is 12.2. The summed E-state index contributed by atoms with van der Waals surface area (Å²) in [6.07, 6.45) is 3.27. The fourth-order valence-corrected chi connectivity index (χ4v) is 3.68. The highest BCUT2D eigenvalue weighted by Gasteiger charge is 2.21. The van der Waals surface area contributed by atoms with E-state index in [1.165, 1.54) is 12.8 Å². The standard InChI is InChI=1S/C11H24N2O2S/c1-11(2,3)9-16(14,15)13-8-6-10-5-4-7-12-10/h10,12-13H,4-9H2,1-3H3/t10-/m0/s1. The van der Waals surface area contributed by atoms with Crippen molar-refractivity contribution in [3.05, 3.63) is 0 Å². The highest BCUT2D eigenvalue weighted by Crippen LogP contribution is 2.15. The van der Waals surface area contributed by atoms with E-state index in [0.29, 0.717) is 12.6 Å². The highest BCUT2D eigenvalue weighted by atomic mass is 32.2. The first-order valence-corrected chi connectivity index (χ1v) is 7.64. The summed E-state index contributed by atoms with van der Waals surface area (Å²) < 4.78 is 26.1. The lowest BCUT2D eigenvalue weighted by atomic mass is 10.0. The number of hydrogen-bond acceptors (Lipinski definition) is 3. The van der Waals surface area contributed by atoms with Gasteiger partial charge in [0.1, 0.15) is 0 Å². The van der Waals surface area contributed by atoms with E-state index in [9.17, 15) is 8.42 Å². The summed E-state index contributed by atoms with van der Waals surface area (Å²) in [5.74, 6) is 0.193. The average molecular weight is 248 g/mol. The van der Waals surface area contributed by atoms with Crippen LogP contribution < -0.4 is 10.0 Å². The van der Waals surface area contributed by atoms with Gasteiger partial charge in [-0.15, -0.1) is 0 Å². The Balaban J connectivity index is 2.25. The van der Waals surface area contributed by atoms with Crippen LogP contribution in [0.1, 0.15) is 40.0 Å². The quantitative estimate of drug-likeness (QED) is 0.766. The minimum absolute atomic E-state index is 0.183. The molecule has 0 bridgehead atoms. The van der Waals surface area contributed by atoms with Crippen molar-refractivity contribution in [1.82, 2.24) is 10.0 Å². The summed E-state index contributed by atoms with van der Waals surface area (Å²) in [4.78, 5) is 0. The molecule has 0 aromatic carbocycles. The van der Waals surface area contributed by atoms with Gasteiger partial charge in [-0.3, -0.25) is 0 Å². The van der Waals surface area contributed by atoms with Crippen LogP contribution in [0.3, 0.4) is 0 Å². The zero-order valence-electron chi connectivity index (χ0n) is 10.5. The van der Waals surface area contributed by atoms with E-state index in [1.54, 1.807) is 0 Å². The van der Waals surface area contributed by atoms with Crippen molar-refractivity contribution < 1.29 is 8.42 Å². The molecule has 1 heterocycles. The molecule has 0 amide bonds. The molecule has 16 heavy (non-hydrogen) atoms. The molecule has 96 valence electrons. The van der Waals surface area contributed by atoms with Crippen molar-refractivity contribution in [2.24, 2.45) is 5.41 Å². The Morgan fingerprint density at radius 1 is 1.38 bits per heavy atom. The van der Waals surface area contributed by atoms with Crippen LogP contribution >= 0.6 is 0 Å². The molecule has 1 rings (SSSR count). The van der Waals surface area contributed by atoms with Crippen molar-refractivity contribution in [2.45, 2.75) is 46.1 Å². The summed E-state index contributed by atoms with van der Waals surface area (Å²) in [6.45, 7) is 7.43. The number of rotatable bonds is 5. The summed E-state index contributed by atoms with van der Waals surface area (Å²) in [5.41, 5.74) is -0.183. The maximum Gasteiger partial charge on any atom is 0.212 e. The van der Waals surface area contributed by atoms with E-state index >= 15 is 0 Å². The van der Waals surface area contributed by atoms with Crippen LogP contribution in [0, 0.1) is 5.41 Å². The second-order valence-corrected chi connectivity index (χ2v) is 7.60. The van der Waals surface area contributed by atoms with Crippen molar-refractivity contribution in [2.75, 3.05) is 18.8 Å². The molecular formula is C11H24N2O2S. The van der Waals surface area contributed by atoms with Gasteiger partial charge in [-0.05, 0) is 31.2 Å². The maximum absolute atomic E-state index is 11.7. The molecule has 0 aromatic rings. The number of nitrogens with one attached hydrogen (secondary N) is 2. The van der Waals surface area contributed by atoms with Gasteiger partial charge in [0.2, 0.25) is 10.0 Å². The third-order valence-corrected chi connectivity index (χ3v) is 4.49. The molecule has 2 N–H and O–H groups in total. The predicted molar refractivity (Wildman–Crippen MR) is 66.9 cm³/mol. The average Bonchev–Trinajstić information content (AvgIpc) is 2.51.